The minimum absolute atomic E-state index is 0.0738. The second-order valence-corrected chi connectivity index (χ2v) is 7.96. The van der Waals surface area contributed by atoms with Gasteiger partial charge >= 0.3 is 0 Å². The number of carbonyl (C=O) groups excluding carboxylic acids is 1. The zero-order valence-electron chi connectivity index (χ0n) is 16.9. The van der Waals surface area contributed by atoms with E-state index < -0.39 is 0 Å². The van der Waals surface area contributed by atoms with Crippen LogP contribution < -0.4 is 0 Å². The van der Waals surface area contributed by atoms with Gasteiger partial charge in [0.25, 0.3) is 5.91 Å². The van der Waals surface area contributed by atoms with Gasteiger partial charge in [-0.1, -0.05) is 30.3 Å². The maximum absolute atomic E-state index is 13.1. The summed E-state index contributed by atoms with van der Waals surface area (Å²) in [6, 6.07) is 10.6. The number of likely N-dealkylation sites (tertiary alicyclic amines) is 1. The summed E-state index contributed by atoms with van der Waals surface area (Å²) in [5.41, 5.74) is 3.45. The van der Waals surface area contributed by atoms with Crippen molar-refractivity contribution in [2.24, 2.45) is 5.92 Å². The first kappa shape index (κ1) is 19.2. The quantitative estimate of drug-likeness (QED) is 0.883. The zero-order chi connectivity index (χ0) is 19.5. The van der Waals surface area contributed by atoms with Crippen molar-refractivity contribution in [2.75, 3.05) is 39.4 Å². The molecule has 0 aliphatic carbocycles. The summed E-state index contributed by atoms with van der Waals surface area (Å²) in [5, 5.41) is 7.41. The molecular formula is C22H30N4O2. The summed E-state index contributed by atoms with van der Waals surface area (Å²) in [7, 11) is 0. The molecule has 2 aliphatic heterocycles. The number of nitrogens with one attached hydrogen (secondary N) is 1. The van der Waals surface area contributed by atoms with E-state index in [9.17, 15) is 4.79 Å². The molecule has 6 nitrogen and oxygen atoms in total. The van der Waals surface area contributed by atoms with Gasteiger partial charge in [-0.05, 0) is 32.6 Å². The number of nitrogens with zero attached hydrogens (tertiary/aromatic N) is 3. The molecule has 4 rings (SSSR count). The molecule has 1 aromatic carbocycles. The van der Waals surface area contributed by atoms with E-state index in [0.29, 0.717) is 17.7 Å². The topological polar surface area (TPSA) is 61.5 Å². The van der Waals surface area contributed by atoms with Crippen LogP contribution in [0.5, 0.6) is 0 Å². The number of ether oxygens (including phenoxy) is 1. The third-order valence-electron chi connectivity index (χ3n) is 6.40. The second-order valence-electron chi connectivity index (χ2n) is 7.96. The van der Waals surface area contributed by atoms with Gasteiger partial charge in [0.05, 0.1) is 18.9 Å². The molecular weight excluding hydrogens is 352 g/mol. The monoisotopic (exact) mass is 382 g/mol. The fourth-order valence-electron chi connectivity index (χ4n) is 4.51. The number of rotatable bonds is 4. The van der Waals surface area contributed by atoms with Gasteiger partial charge in [0.15, 0.2) is 0 Å². The highest BCUT2D eigenvalue weighted by molar-refractivity contribution is 5.95. The first-order valence-electron chi connectivity index (χ1n) is 10.4. The Morgan fingerprint density at radius 3 is 2.50 bits per heavy atom. The smallest absolute Gasteiger partial charge is 0.272 e. The first-order valence-corrected chi connectivity index (χ1v) is 10.4. The van der Waals surface area contributed by atoms with Crippen LogP contribution in [-0.2, 0) is 4.74 Å². The van der Waals surface area contributed by atoms with Crippen molar-refractivity contribution in [2.45, 2.75) is 32.7 Å². The predicted octanol–water partition coefficient (Wildman–Crippen LogP) is 2.96. The molecule has 0 bridgehead atoms. The minimum Gasteiger partial charge on any atom is -0.379 e. The highest BCUT2D eigenvalue weighted by Gasteiger charge is 2.31. The van der Waals surface area contributed by atoms with E-state index >= 15 is 0 Å². The van der Waals surface area contributed by atoms with Gasteiger partial charge in [0.2, 0.25) is 0 Å². The van der Waals surface area contributed by atoms with Crippen LogP contribution in [0.2, 0.25) is 0 Å². The van der Waals surface area contributed by atoms with Crippen LogP contribution in [0.1, 0.15) is 35.8 Å². The molecule has 3 heterocycles. The van der Waals surface area contributed by atoms with E-state index in [1.165, 1.54) is 0 Å². The normalized spacial score (nSPS) is 20.3. The van der Waals surface area contributed by atoms with Crippen molar-refractivity contribution < 1.29 is 9.53 Å². The molecule has 28 heavy (non-hydrogen) atoms. The Balaban J connectivity index is 1.38. The lowest BCUT2D eigenvalue weighted by molar-refractivity contribution is -0.000990. The molecule has 2 saturated heterocycles. The summed E-state index contributed by atoms with van der Waals surface area (Å²) in [4.78, 5) is 17.6. The van der Waals surface area contributed by atoms with Gasteiger partial charge in [0, 0.05) is 43.3 Å². The lowest BCUT2D eigenvalue weighted by Gasteiger charge is -2.41. The van der Waals surface area contributed by atoms with Gasteiger partial charge in [-0.3, -0.25) is 14.8 Å². The molecule has 2 fully saturated rings. The van der Waals surface area contributed by atoms with E-state index in [1.807, 2.05) is 42.2 Å². The van der Waals surface area contributed by atoms with Gasteiger partial charge in [-0.2, -0.15) is 5.10 Å². The molecule has 0 radical (unpaired) electrons. The number of hydrogen-bond acceptors (Lipinski definition) is 4. The van der Waals surface area contributed by atoms with Crippen LogP contribution in [-0.4, -0.2) is 71.3 Å². The van der Waals surface area contributed by atoms with Crippen molar-refractivity contribution >= 4 is 5.91 Å². The van der Waals surface area contributed by atoms with E-state index in [0.717, 1.165) is 69.1 Å². The molecule has 1 atom stereocenters. The van der Waals surface area contributed by atoms with Crippen LogP contribution >= 0.6 is 0 Å². The molecule has 2 aromatic rings. The molecule has 6 heteroatoms. The van der Waals surface area contributed by atoms with E-state index in [1.54, 1.807) is 0 Å². The predicted molar refractivity (Wildman–Crippen MR) is 109 cm³/mol. The fraction of sp³-hybridized carbons (Fsp3) is 0.545. The lowest BCUT2D eigenvalue weighted by atomic mass is 9.89. The molecule has 150 valence electrons. The van der Waals surface area contributed by atoms with E-state index in [-0.39, 0.29) is 5.91 Å². The van der Waals surface area contributed by atoms with Gasteiger partial charge < -0.3 is 9.64 Å². The average Bonchev–Trinajstić information content (AvgIpc) is 3.15. The average molecular weight is 383 g/mol. The maximum Gasteiger partial charge on any atom is 0.272 e. The van der Waals surface area contributed by atoms with Crippen LogP contribution in [0, 0.1) is 12.8 Å². The van der Waals surface area contributed by atoms with E-state index in [2.05, 4.69) is 22.0 Å². The number of morpholine rings is 1. The standard InChI is InChI=1S/C22H30N4O2/c1-16-20(19-6-4-3-5-7-19)23-24-21(16)22(27)26-10-8-18(9-11-26)17(2)25-12-14-28-15-13-25/h3-7,17-18H,8-15H2,1-2H3,(H,23,24)/t17-/m0/s1. The van der Waals surface area contributed by atoms with Crippen molar-refractivity contribution in [3.05, 3.63) is 41.6 Å². The molecule has 2 aliphatic rings. The number of amides is 1. The van der Waals surface area contributed by atoms with Crippen molar-refractivity contribution in [1.29, 1.82) is 0 Å². The fourth-order valence-corrected chi connectivity index (χ4v) is 4.51. The van der Waals surface area contributed by atoms with Gasteiger partial charge in [-0.15, -0.1) is 0 Å². The highest BCUT2D eigenvalue weighted by Crippen LogP contribution is 2.27. The molecule has 0 unspecified atom stereocenters. The Morgan fingerprint density at radius 2 is 1.82 bits per heavy atom. The largest absolute Gasteiger partial charge is 0.379 e. The number of hydrogen-bond donors (Lipinski definition) is 1. The Labute approximate surface area is 166 Å². The van der Waals surface area contributed by atoms with Gasteiger partial charge in [0.1, 0.15) is 5.69 Å². The Bertz CT molecular complexity index is 790. The van der Waals surface area contributed by atoms with Crippen molar-refractivity contribution in [1.82, 2.24) is 20.0 Å². The Morgan fingerprint density at radius 1 is 1.14 bits per heavy atom. The molecule has 0 saturated carbocycles. The number of piperidine rings is 1. The summed E-state index contributed by atoms with van der Waals surface area (Å²) < 4.78 is 5.48. The molecule has 1 amide bonds. The van der Waals surface area contributed by atoms with Crippen LogP contribution in [0.15, 0.2) is 30.3 Å². The molecule has 1 aromatic heterocycles. The van der Waals surface area contributed by atoms with Crippen LogP contribution in [0.4, 0.5) is 0 Å². The number of carbonyl (C=O) groups is 1. The third kappa shape index (κ3) is 3.84. The molecule has 0 spiro atoms. The van der Waals surface area contributed by atoms with Crippen molar-refractivity contribution in [3.63, 3.8) is 0 Å². The lowest BCUT2D eigenvalue weighted by Crippen LogP contribution is -2.49. The van der Waals surface area contributed by atoms with Crippen LogP contribution in [0.3, 0.4) is 0 Å². The summed E-state index contributed by atoms with van der Waals surface area (Å²) in [6.45, 7) is 9.67. The number of H-pyrrole nitrogens is 1. The number of benzene rings is 1. The highest BCUT2D eigenvalue weighted by atomic mass is 16.5. The molecule has 1 N–H and O–H groups in total. The Hall–Kier alpha value is -2.18. The minimum atomic E-state index is 0.0738. The summed E-state index contributed by atoms with van der Waals surface area (Å²) in [6.07, 6.45) is 2.12. The maximum atomic E-state index is 13.1. The number of aromatic nitrogens is 2. The summed E-state index contributed by atoms with van der Waals surface area (Å²) >= 11 is 0. The van der Waals surface area contributed by atoms with Crippen molar-refractivity contribution in [3.8, 4) is 11.3 Å². The SMILES string of the molecule is Cc1c(-c2ccccc2)n[nH]c1C(=O)N1CCC([C@H](C)N2CCOCC2)CC1. The first-order chi connectivity index (χ1) is 13.6. The second kappa shape index (κ2) is 8.45. The van der Waals surface area contributed by atoms with E-state index in [4.69, 9.17) is 4.74 Å². The summed E-state index contributed by atoms with van der Waals surface area (Å²) in [5.74, 6) is 0.717. The zero-order valence-corrected chi connectivity index (χ0v) is 16.9. The van der Waals surface area contributed by atoms with Gasteiger partial charge in [-0.25, -0.2) is 0 Å². The Kier molecular flexibility index (Phi) is 5.78. The third-order valence-corrected chi connectivity index (χ3v) is 6.40. The van der Waals surface area contributed by atoms with Crippen LogP contribution in [0.25, 0.3) is 11.3 Å². The number of aromatic amines is 1.